The van der Waals surface area contributed by atoms with E-state index < -0.39 is 0 Å². The third-order valence-corrected chi connectivity index (χ3v) is 3.72. The largest absolute Gasteiger partial charge is 0.409 e. The maximum absolute atomic E-state index is 9.48. The number of imidazole rings is 1. The molecular weight excluding hydrogens is 290 g/mol. The van der Waals surface area contributed by atoms with E-state index in [9.17, 15) is 5.21 Å². The van der Waals surface area contributed by atoms with Crippen molar-refractivity contribution in [2.45, 2.75) is 0 Å². The Morgan fingerprint density at radius 2 is 1.91 bits per heavy atom. The van der Waals surface area contributed by atoms with Crippen LogP contribution in [0.5, 0.6) is 0 Å². The fraction of sp³-hybridized carbons (Fsp3) is 0. The first-order valence-electron chi connectivity index (χ1n) is 7.12. The summed E-state index contributed by atoms with van der Waals surface area (Å²) in [5, 5.41) is 18.2. The molecule has 6 nitrogen and oxygen atoms in total. The summed E-state index contributed by atoms with van der Waals surface area (Å²) in [6, 6.07) is 15.7. The standard InChI is InChI=1S/C17H13N5O/c23-22-16(13-8-9-18-17-15(13)19-10-20-17)21-14-7-3-5-11-4-1-2-6-12(11)14/h1-10,23H,(H,21,22)(H,18,19,20). The zero-order chi connectivity index (χ0) is 15.6. The maximum atomic E-state index is 9.48. The minimum atomic E-state index is 0.331. The number of anilines is 1. The highest BCUT2D eigenvalue weighted by atomic mass is 16.4. The van der Waals surface area contributed by atoms with Crippen LogP contribution in [0, 0.1) is 0 Å². The maximum Gasteiger partial charge on any atom is 0.179 e. The quantitative estimate of drug-likeness (QED) is 0.229. The van der Waals surface area contributed by atoms with Gasteiger partial charge in [0, 0.05) is 22.8 Å². The fourth-order valence-electron chi connectivity index (χ4n) is 2.65. The van der Waals surface area contributed by atoms with E-state index in [0.717, 1.165) is 16.5 Å². The van der Waals surface area contributed by atoms with Crippen LogP contribution in [0.1, 0.15) is 5.56 Å². The molecule has 0 saturated carbocycles. The van der Waals surface area contributed by atoms with Crippen molar-refractivity contribution in [3.8, 4) is 0 Å². The number of oxime groups is 1. The Balaban J connectivity index is 1.81. The molecule has 0 aliphatic carbocycles. The number of rotatable bonds is 2. The first kappa shape index (κ1) is 13.3. The first-order valence-corrected chi connectivity index (χ1v) is 7.12. The molecule has 0 fully saturated rings. The van der Waals surface area contributed by atoms with Gasteiger partial charge in [-0.1, -0.05) is 41.6 Å². The van der Waals surface area contributed by atoms with Crippen LogP contribution in [0.25, 0.3) is 21.9 Å². The molecule has 0 aliphatic heterocycles. The summed E-state index contributed by atoms with van der Waals surface area (Å²) in [6.45, 7) is 0. The number of aromatic amines is 1. The normalized spacial score (nSPS) is 11.9. The van der Waals surface area contributed by atoms with Crippen molar-refractivity contribution in [2.75, 3.05) is 5.32 Å². The minimum Gasteiger partial charge on any atom is -0.409 e. The Morgan fingerprint density at radius 3 is 2.83 bits per heavy atom. The lowest BCUT2D eigenvalue weighted by Gasteiger charge is -2.11. The number of fused-ring (bicyclic) bond motifs is 2. The predicted octanol–water partition coefficient (Wildman–Crippen LogP) is 3.36. The van der Waals surface area contributed by atoms with Crippen LogP contribution in [-0.2, 0) is 0 Å². The van der Waals surface area contributed by atoms with Crippen molar-refractivity contribution in [1.29, 1.82) is 0 Å². The third kappa shape index (κ3) is 2.26. The van der Waals surface area contributed by atoms with Crippen molar-refractivity contribution in [3.63, 3.8) is 0 Å². The molecule has 6 heteroatoms. The average Bonchev–Trinajstić information content (AvgIpc) is 3.08. The van der Waals surface area contributed by atoms with Gasteiger partial charge in [-0.2, -0.15) is 0 Å². The molecule has 112 valence electrons. The topological polar surface area (TPSA) is 86.2 Å². The second-order valence-corrected chi connectivity index (χ2v) is 5.06. The summed E-state index contributed by atoms with van der Waals surface area (Å²) >= 11 is 0. The molecule has 0 amide bonds. The van der Waals surface area contributed by atoms with Gasteiger partial charge in [0.2, 0.25) is 0 Å². The lowest BCUT2D eigenvalue weighted by atomic mass is 10.1. The molecule has 0 saturated heterocycles. The molecular formula is C17H13N5O. The van der Waals surface area contributed by atoms with Gasteiger partial charge in [-0.05, 0) is 17.5 Å². The zero-order valence-electron chi connectivity index (χ0n) is 12.1. The van der Waals surface area contributed by atoms with Gasteiger partial charge < -0.3 is 15.5 Å². The van der Waals surface area contributed by atoms with E-state index >= 15 is 0 Å². The van der Waals surface area contributed by atoms with Crippen molar-refractivity contribution in [3.05, 3.63) is 66.6 Å². The number of pyridine rings is 1. The number of amidine groups is 1. The number of H-pyrrole nitrogens is 1. The number of hydrogen-bond donors (Lipinski definition) is 3. The first-order chi connectivity index (χ1) is 11.4. The van der Waals surface area contributed by atoms with Crippen LogP contribution in [-0.4, -0.2) is 26.0 Å². The molecule has 0 atom stereocenters. The Hall–Kier alpha value is -3.41. The Kier molecular flexibility index (Phi) is 3.12. The molecule has 3 N–H and O–H groups in total. The summed E-state index contributed by atoms with van der Waals surface area (Å²) in [7, 11) is 0. The molecule has 4 rings (SSSR count). The number of nitrogens with one attached hydrogen (secondary N) is 2. The second-order valence-electron chi connectivity index (χ2n) is 5.06. The van der Waals surface area contributed by atoms with Crippen LogP contribution in [0.4, 0.5) is 5.69 Å². The van der Waals surface area contributed by atoms with Crippen LogP contribution >= 0.6 is 0 Å². The van der Waals surface area contributed by atoms with Gasteiger partial charge in [-0.15, -0.1) is 0 Å². The second kappa shape index (κ2) is 5.42. The van der Waals surface area contributed by atoms with E-state index in [1.54, 1.807) is 18.6 Å². The van der Waals surface area contributed by atoms with Crippen molar-refractivity contribution in [1.82, 2.24) is 15.0 Å². The molecule has 0 aliphatic rings. The van der Waals surface area contributed by atoms with Crippen LogP contribution in [0.2, 0.25) is 0 Å². The lowest BCUT2D eigenvalue weighted by molar-refractivity contribution is 0.319. The summed E-state index contributed by atoms with van der Waals surface area (Å²) in [6.07, 6.45) is 3.20. The van der Waals surface area contributed by atoms with Crippen LogP contribution in [0.15, 0.2) is 66.2 Å². The molecule has 2 aromatic carbocycles. The number of hydrogen-bond acceptors (Lipinski definition) is 4. The van der Waals surface area contributed by atoms with Gasteiger partial charge in [0.15, 0.2) is 11.5 Å². The number of nitrogens with zero attached hydrogens (tertiary/aromatic N) is 3. The van der Waals surface area contributed by atoms with Gasteiger partial charge in [0.1, 0.15) is 0 Å². The molecule has 0 bridgehead atoms. The van der Waals surface area contributed by atoms with E-state index in [0.29, 0.717) is 22.6 Å². The fourth-order valence-corrected chi connectivity index (χ4v) is 2.65. The Labute approximate surface area is 131 Å². The van der Waals surface area contributed by atoms with Crippen molar-refractivity contribution >= 4 is 33.5 Å². The van der Waals surface area contributed by atoms with E-state index in [2.05, 4.69) is 25.4 Å². The highest BCUT2D eigenvalue weighted by molar-refractivity contribution is 6.16. The van der Waals surface area contributed by atoms with Gasteiger partial charge in [-0.3, -0.25) is 0 Å². The molecule has 0 radical (unpaired) electrons. The van der Waals surface area contributed by atoms with Gasteiger partial charge in [0.05, 0.1) is 11.8 Å². The number of aromatic nitrogens is 3. The minimum absolute atomic E-state index is 0.331. The van der Waals surface area contributed by atoms with E-state index in [4.69, 9.17) is 0 Å². The van der Waals surface area contributed by atoms with Crippen LogP contribution < -0.4 is 5.32 Å². The third-order valence-electron chi connectivity index (χ3n) is 3.72. The predicted molar refractivity (Wildman–Crippen MR) is 89.8 cm³/mol. The van der Waals surface area contributed by atoms with Crippen molar-refractivity contribution < 1.29 is 5.21 Å². The molecule has 0 spiro atoms. The van der Waals surface area contributed by atoms with E-state index in [-0.39, 0.29) is 0 Å². The smallest absolute Gasteiger partial charge is 0.179 e. The average molecular weight is 303 g/mol. The molecule has 0 unspecified atom stereocenters. The SMILES string of the molecule is O/N=C(\Nc1cccc2ccccc12)c1ccnc2nc[nH]c12. The van der Waals surface area contributed by atoms with Gasteiger partial charge in [0.25, 0.3) is 0 Å². The monoisotopic (exact) mass is 303 g/mol. The lowest BCUT2D eigenvalue weighted by Crippen LogP contribution is -2.14. The summed E-state index contributed by atoms with van der Waals surface area (Å²) < 4.78 is 0. The molecule has 4 aromatic rings. The van der Waals surface area contributed by atoms with Crippen LogP contribution in [0.3, 0.4) is 0 Å². The van der Waals surface area contributed by atoms with Gasteiger partial charge >= 0.3 is 0 Å². The molecule has 2 aromatic heterocycles. The summed E-state index contributed by atoms with van der Waals surface area (Å²) in [4.78, 5) is 11.3. The molecule has 23 heavy (non-hydrogen) atoms. The molecule has 2 heterocycles. The van der Waals surface area contributed by atoms with E-state index in [1.165, 1.54) is 0 Å². The Morgan fingerprint density at radius 1 is 1.04 bits per heavy atom. The Bertz CT molecular complexity index is 1020. The highest BCUT2D eigenvalue weighted by Crippen LogP contribution is 2.24. The van der Waals surface area contributed by atoms with Gasteiger partial charge in [-0.25, -0.2) is 9.97 Å². The van der Waals surface area contributed by atoms with E-state index in [1.807, 2.05) is 42.5 Å². The summed E-state index contributed by atoms with van der Waals surface area (Å²) in [5.74, 6) is 0.331. The zero-order valence-corrected chi connectivity index (χ0v) is 12.1. The number of benzene rings is 2. The highest BCUT2D eigenvalue weighted by Gasteiger charge is 2.12. The van der Waals surface area contributed by atoms with Crippen molar-refractivity contribution in [2.24, 2.45) is 5.16 Å². The summed E-state index contributed by atoms with van der Waals surface area (Å²) in [5.41, 5.74) is 2.85.